The van der Waals surface area contributed by atoms with Crippen molar-refractivity contribution in [2.75, 3.05) is 39.5 Å². The Labute approximate surface area is 163 Å². The van der Waals surface area contributed by atoms with Gasteiger partial charge >= 0.3 is 0 Å². The van der Waals surface area contributed by atoms with Gasteiger partial charge in [-0.05, 0) is 31.4 Å². The lowest BCUT2D eigenvalue weighted by Gasteiger charge is -2.48. The Bertz CT molecular complexity index is 700. The maximum absolute atomic E-state index is 11.9. The molecule has 0 unspecified atom stereocenters. The highest BCUT2D eigenvalue weighted by atomic mass is 32.2. The Kier molecular flexibility index (Phi) is 6.58. The topological polar surface area (TPSA) is 70.1 Å². The van der Waals surface area contributed by atoms with Crippen LogP contribution in [0.5, 0.6) is 0 Å². The number of hydrogen-bond donors (Lipinski definition) is 1. The van der Waals surface area contributed by atoms with Gasteiger partial charge in [0, 0.05) is 40.0 Å². The van der Waals surface area contributed by atoms with Gasteiger partial charge in [0.05, 0.1) is 23.6 Å². The molecule has 2 aliphatic heterocycles. The fourth-order valence-corrected chi connectivity index (χ4v) is 5.05. The summed E-state index contributed by atoms with van der Waals surface area (Å²) >= 11 is 0. The predicted molar refractivity (Wildman–Crippen MR) is 106 cm³/mol. The lowest BCUT2D eigenvalue weighted by Crippen LogP contribution is -2.51. The minimum atomic E-state index is -3.12. The zero-order valence-corrected chi connectivity index (χ0v) is 17.2. The minimum Gasteiger partial charge on any atom is -0.393 e. The number of benzene rings is 1. The fourth-order valence-electron chi connectivity index (χ4n) is 4.19. The molecule has 0 saturated carbocycles. The molecule has 0 aromatic heterocycles. The van der Waals surface area contributed by atoms with Crippen LogP contribution in [0.25, 0.3) is 0 Å². The highest BCUT2D eigenvalue weighted by Crippen LogP contribution is 2.42. The first-order chi connectivity index (χ1) is 12.8. The lowest BCUT2D eigenvalue weighted by atomic mass is 9.81. The van der Waals surface area contributed by atoms with Crippen LogP contribution in [0, 0.1) is 0 Å². The van der Waals surface area contributed by atoms with Gasteiger partial charge in [0.2, 0.25) is 10.0 Å². The first-order valence-electron chi connectivity index (χ1n) is 9.83. The number of piperidine rings is 1. The summed E-state index contributed by atoms with van der Waals surface area (Å²) < 4.78 is 31.6. The van der Waals surface area contributed by atoms with Gasteiger partial charge in [-0.3, -0.25) is 0 Å². The molecule has 3 rings (SSSR count). The van der Waals surface area contributed by atoms with Gasteiger partial charge in [-0.15, -0.1) is 0 Å². The summed E-state index contributed by atoms with van der Waals surface area (Å²) in [7, 11) is 0.0342. The third kappa shape index (κ3) is 5.29. The van der Waals surface area contributed by atoms with Crippen molar-refractivity contribution in [3.63, 3.8) is 0 Å². The third-order valence-corrected chi connectivity index (χ3v) is 7.77. The maximum Gasteiger partial charge on any atom is 0.213 e. The lowest BCUT2D eigenvalue weighted by molar-refractivity contribution is -0.184. The molecule has 152 valence electrons. The maximum atomic E-state index is 11.9. The number of sulfonamides is 1. The van der Waals surface area contributed by atoms with Crippen LogP contribution < -0.4 is 0 Å². The molecule has 2 fully saturated rings. The summed E-state index contributed by atoms with van der Waals surface area (Å²) in [6.07, 6.45) is 3.37. The smallest absolute Gasteiger partial charge is 0.213 e. The van der Waals surface area contributed by atoms with Gasteiger partial charge in [0.15, 0.2) is 0 Å². The number of likely N-dealkylation sites (tertiary alicyclic amines) is 1. The second kappa shape index (κ2) is 8.57. The third-order valence-electron chi connectivity index (χ3n) is 5.86. The van der Waals surface area contributed by atoms with E-state index in [1.54, 1.807) is 14.1 Å². The Morgan fingerprint density at radius 1 is 1.22 bits per heavy atom. The molecule has 6 nitrogen and oxygen atoms in total. The molecule has 0 radical (unpaired) electrons. The summed E-state index contributed by atoms with van der Waals surface area (Å²) in [5.74, 6) is 0.187. The molecule has 1 aromatic carbocycles. The molecular formula is C20H32N2O4S. The number of aliphatic hydroxyl groups excluding tert-OH is 1. The quantitative estimate of drug-likeness (QED) is 0.797. The van der Waals surface area contributed by atoms with Crippen molar-refractivity contribution in [3.8, 4) is 0 Å². The monoisotopic (exact) mass is 396 g/mol. The van der Waals surface area contributed by atoms with E-state index in [1.807, 2.05) is 18.2 Å². The van der Waals surface area contributed by atoms with Crippen molar-refractivity contribution in [2.24, 2.45) is 0 Å². The van der Waals surface area contributed by atoms with Crippen LogP contribution in [-0.2, 0) is 14.8 Å². The summed E-state index contributed by atoms with van der Waals surface area (Å²) in [5.41, 5.74) is 0.872. The number of nitrogens with zero attached hydrogens (tertiary/aromatic N) is 2. The van der Waals surface area contributed by atoms with E-state index in [-0.39, 0.29) is 23.6 Å². The molecule has 1 N–H and O–H groups in total. The average Bonchev–Trinajstić information content (AvgIpc) is 2.63. The normalized spacial score (nSPS) is 26.5. The zero-order chi connectivity index (χ0) is 19.5. The number of hydrogen-bond acceptors (Lipinski definition) is 5. The zero-order valence-electron chi connectivity index (χ0n) is 16.4. The SMILES string of the molecule is CN(C)S(=O)(=O)CCCN1CCC2(CC1)C[C@H](O)C[C@H](c1ccccc1)O2. The van der Waals surface area contributed by atoms with Crippen molar-refractivity contribution in [1.82, 2.24) is 9.21 Å². The van der Waals surface area contributed by atoms with Gasteiger partial charge in [0.25, 0.3) is 0 Å². The molecule has 1 spiro atoms. The Morgan fingerprint density at radius 3 is 2.52 bits per heavy atom. The predicted octanol–water partition coefficient (Wildman–Crippen LogP) is 2.02. The van der Waals surface area contributed by atoms with E-state index >= 15 is 0 Å². The summed E-state index contributed by atoms with van der Waals surface area (Å²) in [4.78, 5) is 2.32. The molecule has 0 aliphatic carbocycles. The van der Waals surface area contributed by atoms with Crippen molar-refractivity contribution in [1.29, 1.82) is 0 Å². The van der Waals surface area contributed by atoms with Crippen molar-refractivity contribution in [2.45, 2.75) is 49.9 Å². The van der Waals surface area contributed by atoms with Gasteiger partial charge < -0.3 is 14.7 Å². The van der Waals surface area contributed by atoms with Gasteiger partial charge in [-0.25, -0.2) is 12.7 Å². The highest BCUT2D eigenvalue weighted by Gasteiger charge is 2.43. The van der Waals surface area contributed by atoms with Gasteiger partial charge in [-0.2, -0.15) is 0 Å². The van der Waals surface area contributed by atoms with E-state index in [0.717, 1.165) is 38.0 Å². The molecular weight excluding hydrogens is 364 g/mol. The molecule has 1 aromatic rings. The minimum absolute atomic E-state index is 0.0493. The molecule has 27 heavy (non-hydrogen) atoms. The summed E-state index contributed by atoms with van der Waals surface area (Å²) in [6, 6.07) is 10.1. The van der Waals surface area contributed by atoms with E-state index in [2.05, 4.69) is 17.0 Å². The van der Waals surface area contributed by atoms with Crippen LogP contribution >= 0.6 is 0 Å². The number of rotatable bonds is 6. The van der Waals surface area contributed by atoms with E-state index in [1.165, 1.54) is 4.31 Å². The summed E-state index contributed by atoms with van der Waals surface area (Å²) in [6.45, 7) is 2.56. The fraction of sp³-hybridized carbons (Fsp3) is 0.700. The first kappa shape index (κ1) is 20.7. The van der Waals surface area contributed by atoms with Crippen LogP contribution in [0.2, 0.25) is 0 Å². The van der Waals surface area contributed by atoms with Crippen LogP contribution in [0.1, 0.15) is 43.8 Å². The molecule has 7 heteroatoms. The number of ether oxygens (including phenoxy) is 1. The van der Waals surface area contributed by atoms with Crippen LogP contribution in [0.15, 0.2) is 30.3 Å². The van der Waals surface area contributed by atoms with Crippen molar-refractivity contribution >= 4 is 10.0 Å². The molecule has 0 amide bonds. The molecule has 2 atom stereocenters. The Balaban J connectivity index is 1.53. The standard InChI is InChI=1S/C20H32N2O4S/c1-21(2)27(24,25)14-6-11-22-12-9-20(10-13-22)16-18(23)15-19(26-20)17-7-4-3-5-8-17/h3-5,7-8,18-19,23H,6,9-16H2,1-2H3/t18-,19-/m1/s1. The molecule has 2 heterocycles. The molecule has 0 bridgehead atoms. The van der Waals surface area contributed by atoms with E-state index in [4.69, 9.17) is 4.74 Å². The first-order valence-corrected chi connectivity index (χ1v) is 11.4. The second-order valence-corrected chi connectivity index (χ2v) is 10.4. The average molecular weight is 397 g/mol. The van der Waals surface area contributed by atoms with Crippen LogP contribution in [-0.4, -0.2) is 73.9 Å². The van der Waals surface area contributed by atoms with Gasteiger partial charge in [-0.1, -0.05) is 30.3 Å². The van der Waals surface area contributed by atoms with Crippen LogP contribution in [0.4, 0.5) is 0 Å². The van der Waals surface area contributed by atoms with E-state index < -0.39 is 10.0 Å². The largest absolute Gasteiger partial charge is 0.393 e. The van der Waals surface area contributed by atoms with Crippen molar-refractivity contribution in [3.05, 3.63) is 35.9 Å². The van der Waals surface area contributed by atoms with E-state index in [0.29, 0.717) is 19.3 Å². The van der Waals surface area contributed by atoms with Gasteiger partial charge in [0.1, 0.15) is 0 Å². The van der Waals surface area contributed by atoms with Crippen molar-refractivity contribution < 1.29 is 18.3 Å². The molecule has 2 aliphatic rings. The van der Waals surface area contributed by atoms with Crippen LogP contribution in [0.3, 0.4) is 0 Å². The number of aliphatic hydroxyl groups is 1. The highest BCUT2D eigenvalue weighted by molar-refractivity contribution is 7.89. The Morgan fingerprint density at radius 2 is 1.89 bits per heavy atom. The second-order valence-electron chi connectivity index (χ2n) is 8.09. The summed E-state index contributed by atoms with van der Waals surface area (Å²) in [5, 5.41) is 10.4. The molecule has 2 saturated heterocycles. The Hall–Kier alpha value is -0.990. The van der Waals surface area contributed by atoms with E-state index in [9.17, 15) is 13.5 Å².